The number of aliphatic hydroxyl groups excluding tert-OH is 1. The van der Waals surface area contributed by atoms with Gasteiger partial charge in [0.1, 0.15) is 0 Å². The van der Waals surface area contributed by atoms with Gasteiger partial charge in [0.2, 0.25) is 0 Å². The van der Waals surface area contributed by atoms with E-state index >= 15 is 0 Å². The van der Waals surface area contributed by atoms with Crippen LogP contribution in [-0.2, 0) is 6.61 Å². The van der Waals surface area contributed by atoms with Gasteiger partial charge in [0, 0.05) is 24.5 Å². The van der Waals surface area contributed by atoms with Crippen LogP contribution in [0.4, 0.5) is 5.69 Å². The number of aromatic nitrogens is 1. The molecular weight excluding hydrogens is 240 g/mol. The van der Waals surface area contributed by atoms with E-state index in [4.69, 9.17) is 5.11 Å². The standard InChI is InChI=1S/C15H16N2O2/c1-11-4-3-5-14(8-11)17(2)15(19)12-6-7-16-13(9-12)10-18/h3-9,18H,10H2,1-2H3. The van der Waals surface area contributed by atoms with Gasteiger partial charge in [-0.1, -0.05) is 12.1 Å². The lowest BCUT2D eigenvalue weighted by atomic mass is 10.1. The molecule has 0 aliphatic heterocycles. The zero-order valence-electron chi connectivity index (χ0n) is 11.0. The Bertz CT molecular complexity index is 596. The molecule has 2 rings (SSSR count). The third-order valence-electron chi connectivity index (χ3n) is 2.92. The molecule has 0 fully saturated rings. The minimum atomic E-state index is -0.171. The summed E-state index contributed by atoms with van der Waals surface area (Å²) in [6, 6.07) is 11.0. The topological polar surface area (TPSA) is 53.4 Å². The van der Waals surface area contributed by atoms with Crippen LogP contribution in [0.5, 0.6) is 0 Å². The van der Waals surface area contributed by atoms with E-state index in [9.17, 15) is 4.79 Å². The normalized spacial score (nSPS) is 10.3. The molecule has 2 aromatic rings. The lowest BCUT2D eigenvalue weighted by Gasteiger charge is -2.18. The van der Waals surface area contributed by atoms with Gasteiger partial charge in [-0.25, -0.2) is 0 Å². The summed E-state index contributed by atoms with van der Waals surface area (Å²) in [5, 5.41) is 9.05. The molecule has 0 unspecified atom stereocenters. The number of hydrogen-bond acceptors (Lipinski definition) is 3. The van der Waals surface area contributed by atoms with Crippen LogP contribution >= 0.6 is 0 Å². The number of carbonyl (C=O) groups is 1. The number of carbonyl (C=O) groups excluding carboxylic acids is 1. The summed E-state index contributed by atoms with van der Waals surface area (Å²) in [6.45, 7) is 1.81. The first-order chi connectivity index (χ1) is 9.11. The number of pyridine rings is 1. The van der Waals surface area contributed by atoms with E-state index in [-0.39, 0.29) is 12.5 Å². The Morgan fingerprint density at radius 3 is 2.79 bits per heavy atom. The van der Waals surface area contributed by atoms with Gasteiger partial charge in [-0.05, 0) is 36.8 Å². The summed E-state index contributed by atoms with van der Waals surface area (Å²) in [7, 11) is 1.73. The first-order valence-corrected chi connectivity index (χ1v) is 6.02. The van der Waals surface area contributed by atoms with Crippen molar-refractivity contribution in [2.75, 3.05) is 11.9 Å². The maximum absolute atomic E-state index is 12.3. The highest BCUT2D eigenvalue weighted by molar-refractivity contribution is 6.05. The maximum Gasteiger partial charge on any atom is 0.258 e. The van der Waals surface area contributed by atoms with E-state index in [1.165, 1.54) is 6.20 Å². The van der Waals surface area contributed by atoms with Gasteiger partial charge in [-0.15, -0.1) is 0 Å². The van der Waals surface area contributed by atoms with E-state index in [0.717, 1.165) is 11.3 Å². The van der Waals surface area contributed by atoms with Gasteiger partial charge in [-0.3, -0.25) is 9.78 Å². The van der Waals surface area contributed by atoms with Crippen LogP contribution in [0, 0.1) is 6.92 Å². The summed E-state index contributed by atoms with van der Waals surface area (Å²) in [5.41, 5.74) is 2.95. The van der Waals surface area contributed by atoms with Crippen LogP contribution in [0.1, 0.15) is 21.6 Å². The molecule has 1 N–H and O–H groups in total. The van der Waals surface area contributed by atoms with Gasteiger partial charge in [0.15, 0.2) is 0 Å². The number of benzene rings is 1. The van der Waals surface area contributed by atoms with E-state index in [1.807, 2.05) is 31.2 Å². The largest absolute Gasteiger partial charge is 0.390 e. The maximum atomic E-state index is 12.3. The molecule has 1 heterocycles. The van der Waals surface area contributed by atoms with Gasteiger partial charge in [0.05, 0.1) is 12.3 Å². The molecule has 19 heavy (non-hydrogen) atoms. The highest BCUT2D eigenvalue weighted by Gasteiger charge is 2.14. The molecule has 0 bridgehead atoms. The lowest BCUT2D eigenvalue weighted by Crippen LogP contribution is -2.26. The minimum Gasteiger partial charge on any atom is -0.390 e. The van der Waals surface area contributed by atoms with Crippen molar-refractivity contribution in [1.29, 1.82) is 0 Å². The molecule has 0 radical (unpaired) electrons. The third kappa shape index (κ3) is 2.98. The number of amides is 1. The molecule has 0 aliphatic carbocycles. The predicted molar refractivity (Wildman–Crippen MR) is 74.1 cm³/mol. The molecule has 4 nitrogen and oxygen atoms in total. The Morgan fingerprint density at radius 1 is 1.32 bits per heavy atom. The number of anilines is 1. The molecule has 0 saturated heterocycles. The number of nitrogens with zero attached hydrogens (tertiary/aromatic N) is 2. The minimum absolute atomic E-state index is 0.122. The van der Waals surface area contributed by atoms with Crippen LogP contribution in [0.15, 0.2) is 42.6 Å². The second kappa shape index (κ2) is 5.63. The van der Waals surface area contributed by atoms with E-state index in [1.54, 1.807) is 24.1 Å². The third-order valence-corrected chi connectivity index (χ3v) is 2.92. The monoisotopic (exact) mass is 256 g/mol. The number of aryl methyl sites for hydroxylation is 1. The van der Waals surface area contributed by atoms with E-state index in [0.29, 0.717) is 11.3 Å². The second-order valence-electron chi connectivity index (χ2n) is 4.40. The van der Waals surface area contributed by atoms with Crippen molar-refractivity contribution in [3.63, 3.8) is 0 Å². The Kier molecular flexibility index (Phi) is 3.92. The summed E-state index contributed by atoms with van der Waals surface area (Å²) in [4.78, 5) is 17.9. The van der Waals surface area contributed by atoms with Crippen molar-refractivity contribution in [1.82, 2.24) is 4.98 Å². The summed E-state index contributed by atoms with van der Waals surface area (Å²) >= 11 is 0. The summed E-state index contributed by atoms with van der Waals surface area (Å²) < 4.78 is 0. The lowest BCUT2D eigenvalue weighted by molar-refractivity contribution is 0.0992. The summed E-state index contributed by atoms with van der Waals surface area (Å²) in [5.74, 6) is -0.122. The highest BCUT2D eigenvalue weighted by Crippen LogP contribution is 2.17. The number of hydrogen-bond donors (Lipinski definition) is 1. The Labute approximate surface area is 112 Å². The molecule has 0 spiro atoms. The first kappa shape index (κ1) is 13.2. The fraction of sp³-hybridized carbons (Fsp3) is 0.200. The molecule has 0 saturated carbocycles. The smallest absolute Gasteiger partial charge is 0.258 e. The van der Waals surface area contributed by atoms with Crippen LogP contribution in [0.2, 0.25) is 0 Å². The van der Waals surface area contributed by atoms with Gasteiger partial charge >= 0.3 is 0 Å². The van der Waals surface area contributed by atoms with E-state index < -0.39 is 0 Å². The summed E-state index contributed by atoms with van der Waals surface area (Å²) in [6.07, 6.45) is 1.53. The fourth-order valence-corrected chi connectivity index (χ4v) is 1.85. The van der Waals surface area contributed by atoms with Gasteiger partial charge < -0.3 is 10.0 Å². The van der Waals surface area contributed by atoms with E-state index in [2.05, 4.69) is 4.98 Å². The van der Waals surface area contributed by atoms with Crippen LogP contribution < -0.4 is 4.90 Å². The molecule has 1 amide bonds. The van der Waals surface area contributed by atoms with Crippen molar-refractivity contribution < 1.29 is 9.90 Å². The molecule has 0 aliphatic rings. The highest BCUT2D eigenvalue weighted by atomic mass is 16.3. The zero-order valence-corrected chi connectivity index (χ0v) is 11.0. The quantitative estimate of drug-likeness (QED) is 0.915. The number of aliphatic hydroxyl groups is 1. The molecular formula is C15H16N2O2. The average molecular weight is 256 g/mol. The predicted octanol–water partition coefficient (Wildman–Crippen LogP) is 2.16. The van der Waals surface area contributed by atoms with Crippen molar-refractivity contribution in [3.8, 4) is 0 Å². The van der Waals surface area contributed by atoms with Crippen molar-refractivity contribution in [2.24, 2.45) is 0 Å². The SMILES string of the molecule is Cc1cccc(N(C)C(=O)c2ccnc(CO)c2)c1. The Balaban J connectivity index is 2.28. The molecule has 0 atom stereocenters. The first-order valence-electron chi connectivity index (χ1n) is 6.02. The van der Waals surface area contributed by atoms with Crippen molar-refractivity contribution in [2.45, 2.75) is 13.5 Å². The molecule has 4 heteroatoms. The van der Waals surface area contributed by atoms with Crippen LogP contribution in [0.25, 0.3) is 0 Å². The Morgan fingerprint density at radius 2 is 2.11 bits per heavy atom. The fourth-order valence-electron chi connectivity index (χ4n) is 1.85. The van der Waals surface area contributed by atoms with Crippen LogP contribution in [0.3, 0.4) is 0 Å². The Hall–Kier alpha value is -2.20. The number of rotatable bonds is 3. The van der Waals surface area contributed by atoms with Gasteiger partial charge in [0.25, 0.3) is 5.91 Å². The average Bonchev–Trinajstić information content (AvgIpc) is 2.45. The van der Waals surface area contributed by atoms with Gasteiger partial charge in [-0.2, -0.15) is 0 Å². The second-order valence-corrected chi connectivity index (χ2v) is 4.40. The molecule has 1 aromatic heterocycles. The van der Waals surface area contributed by atoms with Crippen LogP contribution in [-0.4, -0.2) is 23.0 Å². The zero-order chi connectivity index (χ0) is 13.8. The van der Waals surface area contributed by atoms with Crippen molar-refractivity contribution >= 4 is 11.6 Å². The van der Waals surface area contributed by atoms with Crippen molar-refractivity contribution in [3.05, 3.63) is 59.4 Å². The molecule has 1 aromatic carbocycles. The molecule has 98 valence electrons.